The highest BCUT2D eigenvalue weighted by Crippen LogP contribution is 2.32. The second-order valence-corrected chi connectivity index (χ2v) is 7.81. The predicted octanol–water partition coefficient (Wildman–Crippen LogP) is 5.03. The van der Waals surface area contributed by atoms with E-state index in [4.69, 9.17) is 0 Å². The Morgan fingerprint density at radius 3 is 2.82 bits per heavy atom. The zero-order chi connectivity index (χ0) is 19.9. The van der Waals surface area contributed by atoms with E-state index >= 15 is 0 Å². The maximum Gasteiger partial charge on any atom is 0.416 e. The van der Waals surface area contributed by atoms with Crippen LogP contribution in [-0.4, -0.2) is 20.3 Å². The highest BCUT2D eigenvalue weighted by Gasteiger charge is 2.30. The van der Waals surface area contributed by atoms with Crippen LogP contribution in [0.25, 0.3) is 16.2 Å². The zero-order valence-corrected chi connectivity index (χ0v) is 16.0. The molecule has 4 aromatic rings. The van der Waals surface area contributed by atoms with Crippen LogP contribution in [0.1, 0.15) is 34.0 Å². The minimum absolute atomic E-state index is 0.256. The van der Waals surface area contributed by atoms with Crippen molar-refractivity contribution in [1.29, 1.82) is 0 Å². The number of halogens is 3. The first kappa shape index (κ1) is 18.6. The average Bonchev–Trinajstić information content (AvgIpc) is 3.37. The van der Waals surface area contributed by atoms with Gasteiger partial charge in [0.05, 0.1) is 17.3 Å². The summed E-state index contributed by atoms with van der Waals surface area (Å²) in [5.74, 6) is -0.304. The van der Waals surface area contributed by atoms with E-state index in [0.29, 0.717) is 21.9 Å². The van der Waals surface area contributed by atoms with E-state index in [1.54, 1.807) is 28.2 Å². The number of alkyl halides is 3. The van der Waals surface area contributed by atoms with E-state index in [0.717, 1.165) is 17.1 Å². The molecule has 1 atom stereocenters. The van der Waals surface area contributed by atoms with Crippen LogP contribution in [0.2, 0.25) is 0 Å². The first-order valence-electron chi connectivity index (χ1n) is 8.17. The van der Waals surface area contributed by atoms with Crippen LogP contribution in [0.15, 0.2) is 47.4 Å². The number of hydrogen-bond donors (Lipinski definition) is 1. The van der Waals surface area contributed by atoms with E-state index in [1.807, 2.05) is 12.3 Å². The summed E-state index contributed by atoms with van der Waals surface area (Å²) in [6.07, 6.45) is -1.18. The van der Waals surface area contributed by atoms with Crippen molar-refractivity contribution in [2.75, 3.05) is 0 Å². The summed E-state index contributed by atoms with van der Waals surface area (Å²) in [6, 6.07) is 4.71. The number of nitrogens with one attached hydrogen (secondary N) is 1. The van der Waals surface area contributed by atoms with Gasteiger partial charge in [0, 0.05) is 28.7 Å². The summed E-state index contributed by atoms with van der Waals surface area (Å²) in [4.78, 5) is 21.7. The Labute approximate surface area is 165 Å². The summed E-state index contributed by atoms with van der Waals surface area (Å²) < 4.78 is 40.5. The number of amides is 1. The highest BCUT2D eigenvalue weighted by atomic mass is 32.1. The summed E-state index contributed by atoms with van der Waals surface area (Å²) in [6.45, 7) is 1.84. The molecule has 5 nitrogen and oxygen atoms in total. The number of carbonyl (C=O) groups excluding carboxylic acids is 1. The molecule has 144 valence electrons. The highest BCUT2D eigenvalue weighted by molar-refractivity contribution is 7.15. The number of fused-ring (bicyclic) bond motifs is 1. The minimum atomic E-state index is -4.43. The fraction of sp³-hybridized carbons (Fsp3) is 0.167. The number of hydrogen-bond acceptors (Lipinski definition) is 5. The lowest BCUT2D eigenvalue weighted by molar-refractivity contribution is -0.137. The van der Waals surface area contributed by atoms with Crippen molar-refractivity contribution in [3.8, 4) is 11.3 Å². The van der Waals surface area contributed by atoms with Gasteiger partial charge >= 0.3 is 6.18 Å². The summed E-state index contributed by atoms with van der Waals surface area (Å²) in [5, 5.41) is 7.16. The van der Waals surface area contributed by atoms with Crippen molar-refractivity contribution < 1.29 is 18.0 Å². The van der Waals surface area contributed by atoms with Gasteiger partial charge in [0.15, 0.2) is 4.96 Å². The van der Waals surface area contributed by atoms with E-state index in [-0.39, 0.29) is 11.9 Å². The third-order valence-electron chi connectivity index (χ3n) is 4.10. The second kappa shape index (κ2) is 7.02. The normalized spacial score (nSPS) is 13.0. The molecule has 0 spiro atoms. The van der Waals surface area contributed by atoms with E-state index in [9.17, 15) is 18.0 Å². The molecule has 0 saturated carbocycles. The predicted molar refractivity (Wildman–Crippen MR) is 102 cm³/mol. The Kier molecular flexibility index (Phi) is 4.68. The maximum absolute atomic E-state index is 13.0. The van der Waals surface area contributed by atoms with Crippen molar-refractivity contribution in [2.45, 2.75) is 19.1 Å². The molecule has 4 rings (SSSR count). The topological polar surface area (TPSA) is 59.3 Å². The molecule has 1 amide bonds. The molecule has 0 aliphatic rings. The van der Waals surface area contributed by atoms with Gasteiger partial charge in [-0.2, -0.15) is 13.2 Å². The van der Waals surface area contributed by atoms with Gasteiger partial charge in [-0.25, -0.2) is 9.97 Å². The van der Waals surface area contributed by atoms with Crippen molar-refractivity contribution in [2.24, 2.45) is 0 Å². The van der Waals surface area contributed by atoms with Crippen LogP contribution in [0.5, 0.6) is 0 Å². The third-order valence-corrected chi connectivity index (χ3v) is 5.89. The fourth-order valence-electron chi connectivity index (χ4n) is 2.72. The smallest absolute Gasteiger partial charge is 0.342 e. The van der Waals surface area contributed by atoms with Gasteiger partial charge in [0.25, 0.3) is 5.91 Å². The van der Waals surface area contributed by atoms with Crippen LogP contribution in [-0.2, 0) is 6.18 Å². The molecule has 0 aliphatic carbocycles. The van der Waals surface area contributed by atoms with Crippen molar-refractivity contribution in [3.05, 3.63) is 63.7 Å². The van der Waals surface area contributed by atoms with Crippen molar-refractivity contribution in [3.63, 3.8) is 0 Å². The molecule has 3 aromatic heterocycles. The molecule has 0 unspecified atom stereocenters. The summed E-state index contributed by atoms with van der Waals surface area (Å²) >= 11 is 2.69. The van der Waals surface area contributed by atoms with E-state index in [1.165, 1.54) is 28.7 Å². The van der Waals surface area contributed by atoms with Crippen LogP contribution >= 0.6 is 22.7 Å². The molecule has 3 heterocycles. The molecular weight excluding hydrogens is 409 g/mol. The first-order chi connectivity index (χ1) is 13.3. The van der Waals surface area contributed by atoms with Gasteiger partial charge in [0.2, 0.25) is 0 Å². The van der Waals surface area contributed by atoms with Gasteiger partial charge < -0.3 is 5.32 Å². The Bertz CT molecular complexity index is 1130. The Morgan fingerprint density at radius 2 is 2.11 bits per heavy atom. The Hall–Kier alpha value is -2.72. The quantitative estimate of drug-likeness (QED) is 0.502. The first-order valence-corrected chi connectivity index (χ1v) is 9.93. The number of aromatic nitrogens is 3. The van der Waals surface area contributed by atoms with E-state index in [2.05, 4.69) is 15.3 Å². The molecule has 0 aliphatic heterocycles. The number of rotatable bonds is 4. The number of benzene rings is 1. The SMILES string of the molecule is C[C@H](NC(=O)c1csc2nc(-c3cccc(C(F)(F)F)c3)cn12)c1nccs1. The van der Waals surface area contributed by atoms with Crippen LogP contribution in [0.4, 0.5) is 13.2 Å². The van der Waals surface area contributed by atoms with Gasteiger partial charge in [-0.3, -0.25) is 9.20 Å². The largest absolute Gasteiger partial charge is 0.416 e. The summed E-state index contributed by atoms with van der Waals surface area (Å²) in [5.41, 5.74) is 0.346. The Balaban J connectivity index is 1.63. The second-order valence-electron chi connectivity index (χ2n) is 6.04. The summed E-state index contributed by atoms with van der Waals surface area (Å²) in [7, 11) is 0. The molecule has 0 fully saturated rings. The van der Waals surface area contributed by atoms with Gasteiger partial charge in [-0.15, -0.1) is 22.7 Å². The number of thiazole rings is 2. The third kappa shape index (κ3) is 3.52. The molecule has 1 aromatic carbocycles. The van der Waals surface area contributed by atoms with Crippen molar-refractivity contribution in [1.82, 2.24) is 19.7 Å². The van der Waals surface area contributed by atoms with Gasteiger partial charge in [-0.1, -0.05) is 12.1 Å². The molecule has 28 heavy (non-hydrogen) atoms. The number of imidazole rings is 1. The molecule has 1 N–H and O–H groups in total. The van der Waals surface area contributed by atoms with Gasteiger partial charge in [-0.05, 0) is 19.1 Å². The van der Waals surface area contributed by atoms with Gasteiger partial charge in [0.1, 0.15) is 10.7 Å². The van der Waals surface area contributed by atoms with Crippen LogP contribution in [0, 0.1) is 0 Å². The van der Waals surface area contributed by atoms with Crippen LogP contribution < -0.4 is 5.32 Å². The lowest BCUT2D eigenvalue weighted by Gasteiger charge is -2.10. The average molecular weight is 422 g/mol. The van der Waals surface area contributed by atoms with Crippen LogP contribution in [0.3, 0.4) is 0 Å². The molecule has 0 saturated heterocycles. The maximum atomic E-state index is 13.0. The molecule has 10 heteroatoms. The zero-order valence-electron chi connectivity index (χ0n) is 14.4. The monoisotopic (exact) mass is 422 g/mol. The molecular formula is C18H13F3N4OS2. The minimum Gasteiger partial charge on any atom is -0.342 e. The number of nitrogens with zero attached hydrogens (tertiary/aromatic N) is 3. The standard InChI is InChI=1S/C18H13F3N4OS2/c1-10(16-22-5-6-27-16)23-15(26)14-9-28-17-24-13(8-25(14)17)11-3-2-4-12(7-11)18(19,20)21/h2-10H,1H3,(H,23,26)/t10-/m0/s1. The lowest BCUT2D eigenvalue weighted by atomic mass is 10.1. The Morgan fingerprint density at radius 1 is 1.29 bits per heavy atom. The fourth-order valence-corrected chi connectivity index (χ4v) is 4.22. The number of carbonyl (C=O) groups is 1. The van der Waals surface area contributed by atoms with E-state index < -0.39 is 11.7 Å². The molecule has 0 radical (unpaired) electrons. The lowest BCUT2D eigenvalue weighted by Crippen LogP contribution is -2.27. The molecule has 0 bridgehead atoms. The van der Waals surface area contributed by atoms with Crippen molar-refractivity contribution >= 4 is 33.5 Å².